The molecule has 1 aromatic rings. The van der Waals surface area contributed by atoms with Crippen molar-refractivity contribution in [1.82, 2.24) is 4.98 Å². The number of pyridine rings is 1. The van der Waals surface area contributed by atoms with E-state index in [0.29, 0.717) is 17.7 Å². The molecular formula is C12H9FIN3O. The average molecular weight is 357 g/mol. The summed E-state index contributed by atoms with van der Waals surface area (Å²) >= 11 is 2.08. The van der Waals surface area contributed by atoms with Crippen LogP contribution in [0.3, 0.4) is 0 Å². The topological polar surface area (TPSA) is 68.0 Å². The number of amides is 1. The van der Waals surface area contributed by atoms with Gasteiger partial charge >= 0.3 is 0 Å². The Labute approximate surface area is 116 Å². The molecule has 3 rings (SSSR count). The van der Waals surface area contributed by atoms with Gasteiger partial charge in [-0.15, -0.1) is 0 Å². The molecule has 0 spiro atoms. The van der Waals surface area contributed by atoms with Gasteiger partial charge in [-0.05, 0) is 46.7 Å². The van der Waals surface area contributed by atoms with Crippen LogP contribution in [0.25, 0.3) is 5.57 Å². The lowest BCUT2D eigenvalue weighted by Crippen LogP contribution is -2.18. The van der Waals surface area contributed by atoms with E-state index in [1.165, 1.54) is 18.3 Å². The van der Waals surface area contributed by atoms with E-state index in [1.54, 1.807) is 0 Å². The Balaban J connectivity index is 2.24. The SMILES string of the molecule is NC(=O)c1cnc(I)c2c1NC1CC=C(F)C=C21. The number of carbonyl (C=O) groups excluding carboxylic acids is 1. The summed E-state index contributed by atoms with van der Waals surface area (Å²) < 4.78 is 14.1. The number of hydrogen-bond donors (Lipinski definition) is 2. The number of nitrogens with two attached hydrogens (primary N) is 1. The van der Waals surface area contributed by atoms with Gasteiger partial charge in [0.05, 0.1) is 17.3 Å². The van der Waals surface area contributed by atoms with Crippen LogP contribution in [0.1, 0.15) is 22.3 Å². The molecule has 1 aromatic heterocycles. The van der Waals surface area contributed by atoms with Crippen LogP contribution in [0.4, 0.5) is 10.1 Å². The van der Waals surface area contributed by atoms with Gasteiger partial charge in [-0.2, -0.15) is 0 Å². The lowest BCUT2D eigenvalue weighted by Gasteiger charge is -2.14. The molecule has 3 N–H and O–H groups in total. The molecule has 1 atom stereocenters. The predicted molar refractivity (Wildman–Crippen MR) is 74.7 cm³/mol. The predicted octanol–water partition coefficient (Wildman–Crippen LogP) is 2.22. The minimum atomic E-state index is -0.532. The van der Waals surface area contributed by atoms with E-state index in [9.17, 15) is 9.18 Å². The molecule has 0 radical (unpaired) electrons. The maximum atomic E-state index is 13.3. The second-order valence-electron chi connectivity index (χ2n) is 4.20. The third-order valence-electron chi connectivity index (χ3n) is 3.12. The van der Waals surface area contributed by atoms with E-state index in [2.05, 4.69) is 32.9 Å². The molecule has 92 valence electrons. The van der Waals surface area contributed by atoms with Gasteiger partial charge in [0.25, 0.3) is 5.91 Å². The van der Waals surface area contributed by atoms with Crippen molar-refractivity contribution in [2.24, 2.45) is 5.73 Å². The third-order valence-corrected chi connectivity index (χ3v) is 3.94. The Kier molecular flexibility index (Phi) is 2.61. The largest absolute Gasteiger partial charge is 0.377 e. The number of allylic oxidation sites excluding steroid dienone is 2. The number of anilines is 1. The van der Waals surface area contributed by atoms with Gasteiger partial charge in [0, 0.05) is 11.8 Å². The van der Waals surface area contributed by atoms with Crippen molar-refractivity contribution in [3.05, 3.63) is 39.0 Å². The molecule has 1 aliphatic carbocycles. The molecule has 0 saturated heterocycles. The highest BCUT2D eigenvalue weighted by Crippen LogP contribution is 2.43. The van der Waals surface area contributed by atoms with E-state index in [4.69, 9.17) is 5.73 Å². The zero-order valence-corrected chi connectivity index (χ0v) is 11.4. The van der Waals surface area contributed by atoms with Gasteiger partial charge < -0.3 is 11.1 Å². The average Bonchev–Trinajstić information content (AvgIpc) is 2.68. The van der Waals surface area contributed by atoms with E-state index in [-0.39, 0.29) is 11.9 Å². The van der Waals surface area contributed by atoms with Crippen LogP contribution in [0.5, 0.6) is 0 Å². The monoisotopic (exact) mass is 357 g/mol. The second-order valence-corrected chi connectivity index (χ2v) is 5.22. The first kappa shape index (κ1) is 11.6. The zero-order valence-electron chi connectivity index (χ0n) is 9.21. The number of aromatic nitrogens is 1. The fraction of sp³-hybridized carbons (Fsp3) is 0.167. The molecule has 0 aromatic carbocycles. The molecule has 2 aliphatic rings. The van der Waals surface area contributed by atoms with Crippen molar-refractivity contribution in [3.63, 3.8) is 0 Å². The summed E-state index contributed by atoms with van der Waals surface area (Å²) in [6.07, 6.45) is 5.02. The van der Waals surface area contributed by atoms with Crippen LogP contribution in [0.2, 0.25) is 0 Å². The summed E-state index contributed by atoms with van der Waals surface area (Å²) in [6, 6.07) is -0.00434. The maximum absolute atomic E-state index is 13.3. The molecule has 4 nitrogen and oxygen atoms in total. The Morgan fingerprint density at radius 1 is 1.61 bits per heavy atom. The lowest BCUT2D eigenvalue weighted by atomic mass is 9.96. The third kappa shape index (κ3) is 1.63. The molecule has 1 aliphatic heterocycles. The smallest absolute Gasteiger partial charge is 0.252 e. The molecular weight excluding hydrogens is 348 g/mol. The van der Waals surface area contributed by atoms with E-state index in [0.717, 1.165) is 14.8 Å². The number of primary amides is 1. The molecule has 18 heavy (non-hydrogen) atoms. The first-order valence-corrected chi connectivity index (χ1v) is 6.48. The van der Waals surface area contributed by atoms with Crippen LogP contribution in [-0.4, -0.2) is 16.9 Å². The van der Waals surface area contributed by atoms with Crippen LogP contribution >= 0.6 is 22.6 Å². The summed E-state index contributed by atoms with van der Waals surface area (Å²) in [4.78, 5) is 15.5. The lowest BCUT2D eigenvalue weighted by molar-refractivity contribution is 0.100. The Morgan fingerprint density at radius 3 is 3.11 bits per heavy atom. The summed E-state index contributed by atoms with van der Waals surface area (Å²) in [7, 11) is 0. The summed E-state index contributed by atoms with van der Waals surface area (Å²) in [5.74, 6) is -0.786. The first-order chi connectivity index (χ1) is 8.58. The molecule has 1 unspecified atom stereocenters. The van der Waals surface area contributed by atoms with Crippen molar-refractivity contribution >= 4 is 39.8 Å². The minimum Gasteiger partial charge on any atom is -0.377 e. The van der Waals surface area contributed by atoms with Crippen molar-refractivity contribution in [2.45, 2.75) is 12.5 Å². The van der Waals surface area contributed by atoms with Crippen molar-refractivity contribution < 1.29 is 9.18 Å². The van der Waals surface area contributed by atoms with E-state index < -0.39 is 5.91 Å². The molecule has 0 fully saturated rings. The Bertz CT molecular complexity index is 624. The maximum Gasteiger partial charge on any atom is 0.252 e. The van der Waals surface area contributed by atoms with Crippen LogP contribution < -0.4 is 11.1 Å². The van der Waals surface area contributed by atoms with Gasteiger partial charge in [0.2, 0.25) is 0 Å². The number of hydrogen-bond acceptors (Lipinski definition) is 3. The molecule has 0 bridgehead atoms. The fourth-order valence-electron chi connectivity index (χ4n) is 2.31. The van der Waals surface area contributed by atoms with Crippen LogP contribution in [0, 0.1) is 3.70 Å². The number of carbonyl (C=O) groups is 1. The molecule has 2 heterocycles. The van der Waals surface area contributed by atoms with Crippen LogP contribution in [-0.2, 0) is 0 Å². The first-order valence-electron chi connectivity index (χ1n) is 5.40. The zero-order chi connectivity index (χ0) is 12.9. The summed E-state index contributed by atoms with van der Waals surface area (Å²) in [5, 5.41) is 3.22. The normalized spacial score (nSPS) is 20.4. The van der Waals surface area contributed by atoms with Gasteiger partial charge in [-0.3, -0.25) is 4.79 Å². The quantitative estimate of drug-likeness (QED) is 0.598. The summed E-state index contributed by atoms with van der Waals surface area (Å²) in [6.45, 7) is 0. The Morgan fingerprint density at radius 2 is 2.39 bits per heavy atom. The van der Waals surface area contributed by atoms with Gasteiger partial charge in [0.1, 0.15) is 9.53 Å². The van der Waals surface area contributed by atoms with Crippen LogP contribution in [0.15, 0.2) is 24.2 Å². The number of nitrogens with zero attached hydrogens (tertiary/aromatic N) is 1. The van der Waals surface area contributed by atoms with Gasteiger partial charge in [-0.1, -0.05) is 0 Å². The minimum absolute atomic E-state index is 0.00434. The van der Waals surface area contributed by atoms with Gasteiger partial charge in [0.15, 0.2) is 0 Å². The number of rotatable bonds is 1. The number of fused-ring (bicyclic) bond motifs is 3. The second kappa shape index (κ2) is 4.04. The summed E-state index contributed by atoms with van der Waals surface area (Å²) in [5.41, 5.74) is 7.97. The highest BCUT2D eigenvalue weighted by molar-refractivity contribution is 14.1. The van der Waals surface area contributed by atoms with E-state index >= 15 is 0 Å². The fourth-order valence-corrected chi connectivity index (χ4v) is 3.03. The van der Waals surface area contributed by atoms with Crippen molar-refractivity contribution in [1.29, 1.82) is 0 Å². The number of halogens is 2. The van der Waals surface area contributed by atoms with Crippen molar-refractivity contribution in [3.8, 4) is 0 Å². The standard InChI is InChI=1S/C12H9FIN3O/c13-5-1-2-8-6(3-5)9-10(17-8)7(12(15)18)4-16-11(9)14/h1,3-4,8,17H,2H2,(H2,15,18). The highest BCUT2D eigenvalue weighted by Gasteiger charge is 2.33. The highest BCUT2D eigenvalue weighted by atomic mass is 127. The molecule has 0 saturated carbocycles. The Hall–Kier alpha value is -1.44. The van der Waals surface area contributed by atoms with Crippen molar-refractivity contribution in [2.75, 3.05) is 5.32 Å². The molecule has 1 amide bonds. The number of nitrogens with one attached hydrogen (secondary N) is 1. The molecule has 6 heteroatoms. The van der Waals surface area contributed by atoms with Gasteiger partial charge in [-0.25, -0.2) is 9.37 Å². The van der Waals surface area contributed by atoms with E-state index in [1.807, 2.05) is 0 Å².